The van der Waals surface area contributed by atoms with Crippen LogP contribution < -0.4 is 21.7 Å². The summed E-state index contributed by atoms with van der Waals surface area (Å²) < 4.78 is 11.3. The molecular formula is C54H98N4O13S. The number of carboxylic acid groups (broad SMARTS) is 3. The largest absolute Gasteiger partial charge is 0.481 e. The molecule has 0 aliphatic rings. The van der Waals surface area contributed by atoms with E-state index in [0.29, 0.717) is 12.8 Å². The minimum Gasteiger partial charge on any atom is -0.481 e. The molecule has 0 aromatic rings. The number of nitrogens with two attached hydrogens (primary N) is 1. The van der Waals surface area contributed by atoms with Crippen LogP contribution in [0.15, 0.2) is 0 Å². The lowest BCUT2D eigenvalue weighted by Gasteiger charge is -2.21. The van der Waals surface area contributed by atoms with Gasteiger partial charge in [-0.05, 0) is 25.7 Å². The van der Waals surface area contributed by atoms with Crippen molar-refractivity contribution in [1.29, 1.82) is 0 Å². The number of ether oxygens (including phenoxy) is 2. The number of esters is 2. The molecule has 8 N–H and O–H groups in total. The molecule has 0 saturated carbocycles. The minimum absolute atomic E-state index is 0.0458. The van der Waals surface area contributed by atoms with E-state index < -0.39 is 98.1 Å². The van der Waals surface area contributed by atoms with Crippen LogP contribution in [0, 0.1) is 0 Å². The molecule has 0 rings (SSSR count). The molecule has 0 heterocycles. The molecule has 0 aliphatic carbocycles. The van der Waals surface area contributed by atoms with E-state index >= 15 is 0 Å². The van der Waals surface area contributed by atoms with Crippen LogP contribution >= 0.6 is 11.8 Å². The molecule has 418 valence electrons. The van der Waals surface area contributed by atoms with Gasteiger partial charge in [0, 0.05) is 37.2 Å². The standard InChI is InChI=1S/C54H98N4O13S/c1-3-5-7-9-11-13-15-17-19-21-23-25-27-29-31-33-50(64)70-40-43(71-51(65)34-32-30-28-26-24-22-20-18-16-14-12-10-8-6-4-2)41-72-42-44(55)52(66)56-39-47(59)57-45(35-37-48(60)61)53(67)58-46(54(68)69)36-38-49(62)63/h43-46H,3-42,55H2,1-2H3,(H,56,66)(H,57,59)(H,58,67)(H,60,61)(H,62,63)(H,68,69)/t43-,44+,45?,46?/m1/s1. The smallest absolute Gasteiger partial charge is 0.326 e. The third kappa shape index (κ3) is 43.6. The summed E-state index contributed by atoms with van der Waals surface area (Å²) in [6, 6.07) is -4.23. The first-order valence-electron chi connectivity index (χ1n) is 27.9. The van der Waals surface area contributed by atoms with Crippen molar-refractivity contribution in [3.8, 4) is 0 Å². The zero-order valence-corrected chi connectivity index (χ0v) is 45.3. The molecule has 0 aromatic heterocycles. The van der Waals surface area contributed by atoms with Gasteiger partial charge in [0.25, 0.3) is 0 Å². The Morgan fingerprint density at radius 2 is 0.861 bits per heavy atom. The van der Waals surface area contributed by atoms with Crippen molar-refractivity contribution in [2.24, 2.45) is 5.73 Å². The number of carboxylic acids is 3. The number of amides is 3. The third-order valence-electron chi connectivity index (χ3n) is 12.6. The lowest BCUT2D eigenvalue weighted by molar-refractivity contribution is -0.157. The number of rotatable bonds is 52. The van der Waals surface area contributed by atoms with Gasteiger partial charge in [-0.3, -0.25) is 33.6 Å². The Bertz CT molecular complexity index is 1470. The fraction of sp³-hybridized carbons (Fsp3) is 0.852. The highest BCUT2D eigenvalue weighted by atomic mass is 32.2. The predicted molar refractivity (Wildman–Crippen MR) is 283 cm³/mol. The molecule has 0 bridgehead atoms. The summed E-state index contributed by atoms with van der Waals surface area (Å²) in [4.78, 5) is 97.8. The van der Waals surface area contributed by atoms with Crippen molar-refractivity contribution < 1.29 is 63.1 Å². The third-order valence-corrected chi connectivity index (χ3v) is 13.8. The van der Waals surface area contributed by atoms with Gasteiger partial charge >= 0.3 is 29.8 Å². The lowest BCUT2D eigenvalue weighted by Crippen LogP contribution is -2.54. The molecule has 3 amide bonds. The first kappa shape index (κ1) is 68.1. The number of unbranched alkanes of at least 4 members (excludes halogenated alkanes) is 28. The van der Waals surface area contributed by atoms with Gasteiger partial charge in [0.2, 0.25) is 17.7 Å². The number of carbonyl (C=O) groups is 8. The molecular weight excluding hydrogens is 945 g/mol. The molecule has 0 fully saturated rings. The predicted octanol–water partition coefficient (Wildman–Crippen LogP) is 9.92. The maximum atomic E-state index is 12.9. The summed E-state index contributed by atoms with van der Waals surface area (Å²) in [5.74, 6) is -7.27. The van der Waals surface area contributed by atoms with Gasteiger partial charge in [-0.15, -0.1) is 0 Å². The first-order chi connectivity index (χ1) is 34.7. The second-order valence-electron chi connectivity index (χ2n) is 19.4. The Balaban J connectivity index is 4.96. The van der Waals surface area contributed by atoms with E-state index in [2.05, 4.69) is 29.8 Å². The second-order valence-corrected chi connectivity index (χ2v) is 20.5. The topological polar surface area (TPSA) is 278 Å². The van der Waals surface area contributed by atoms with E-state index in [1.165, 1.54) is 153 Å². The number of hydrogen-bond donors (Lipinski definition) is 7. The zero-order chi connectivity index (χ0) is 53.5. The molecule has 2 unspecified atom stereocenters. The Morgan fingerprint density at radius 3 is 1.26 bits per heavy atom. The normalized spacial score (nSPS) is 12.8. The van der Waals surface area contributed by atoms with Crippen LogP contribution in [-0.2, 0) is 47.8 Å². The number of hydrogen-bond acceptors (Lipinski definition) is 12. The van der Waals surface area contributed by atoms with Crippen molar-refractivity contribution in [3.05, 3.63) is 0 Å². The fourth-order valence-electron chi connectivity index (χ4n) is 8.18. The molecule has 72 heavy (non-hydrogen) atoms. The maximum absolute atomic E-state index is 12.9. The van der Waals surface area contributed by atoms with Gasteiger partial charge in [0.15, 0.2) is 0 Å². The first-order valence-corrected chi connectivity index (χ1v) is 29.1. The Kier molecular flexibility index (Phi) is 45.4. The van der Waals surface area contributed by atoms with Crippen molar-refractivity contribution in [2.75, 3.05) is 24.7 Å². The molecule has 0 aromatic carbocycles. The SMILES string of the molecule is CCCCCCCCCCCCCCCCCC(=O)OC[C@H](CSC[C@H](N)C(=O)NCC(=O)NC(CCC(=O)O)C(=O)NC(CCC(=O)O)C(=O)O)OC(=O)CCCCCCCCCCCCCCCCC. The van der Waals surface area contributed by atoms with Crippen molar-refractivity contribution in [3.63, 3.8) is 0 Å². The van der Waals surface area contributed by atoms with Gasteiger partial charge in [-0.1, -0.05) is 194 Å². The Morgan fingerprint density at radius 1 is 0.472 bits per heavy atom. The van der Waals surface area contributed by atoms with Crippen LogP contribution in [0.3, 0.4) is 0 Å². The summed E-state index contributed by atoms with van der Waals surface area (Å²) >= 11 is 1.20. The van der Waals surface area contributed by atoms with Crippen LogP contribution in [0.25, 0.3) is 0 Å². The van der Waals surface area contributed by atoms with Crippen LogP contribution in [-0.4, -0.2) is 112 Å². The average molecular weight is 1040 g/mol. The zero-order valence-electron chi connectivity index (χ0n) is 44.5. The van der Waals surface area contributed by atoms with E-state index in [4.69, 9.17) is 25.4 Å². The molecule has 0 radical (unpaired) electrons. The van der Waals surface area contributed by atoms with Gasteiger partial charge in [0.05, 0.1) is 12.6 Å². The lowest BCUT2D eigenvalue weighted by atomic mass is 10.0. The summed E-state index contributed by atoms with van der Waals surface area (Å²) in [6.45, 7) is 3.70. The van der Waals surface area contributed by atoms with Crippen molar-refractivity contribution >= 4 is 59.3 Å². The molecule has 17 nitrogen and oxygen atoms in total. The minimum atomic E-state index is -1.61. The van der Waals surface area contributed by atoms with E-state index in [1.54, 1.807) is 0 Å². The van der Waals surface area contributed by atoms with Gasteiger partial charge in [-0.25, -0.2) is 4.79 Å². The molecule has 18 heteroatoms. The average Bonchev–Trinajstić information content (AvgIpc) is 3.34. The van der Waals surface area contributed by atoms with Crippen molar-refractivity contribution in [2.45, 2.75) is 269 Å². The molecule has 0 spiro atoms. The van der Waals surface area contributed by atoms with Crippen LogP contribution in [0.2, 0.25) is 0 Å². The Hall–Kier alpha value is -3.93. The summed E-state index contributed by atoms with van der Waals surface area (Å²) in [7, 11) is 0. The van der Waals surface area contributed by atoms with Crippen LogP contribution in [0.4, 0.5) is 0 Å². The summed E-state index contributed by atoms with van der Waals surface area (Å²) in [5, 5.41) is 34.2. The maximum Gasteiger partial charge on any atom is 0.326 e. The van der Waals surface area contributed by atoms with E-state index in [9.17, 15) is 43.5 Å². The monoisotopic (exact) mass is 1040 g/mol. The highest BCUT2D eigenvalue weighted by Crippen LogP contribution is 2.17. The molecule has 4 atom stereocenters. The summed E-state index contributed by atoms with van der Waals surface area (Å²) in [5.41, 5.74) is 6.11. The van der Waals surface area contributed by atoms with Gasteiger partial charge in [0.1, 0.15) is 24.8 Å². The highest BCUT2D eigenvalue weighted by molar-refractivity contribution is 7.99. The van der Waals surface area contributed by atoms with E-state index in [0.717, 1.165) is 38.5 Å². The van der Waals surface area contributed by atoms with E-state index in [-0.39, 0.29) is 36.9 Å². The van der Waals surface area contributed by atoms with Crippen molar-refractivity contribution in [1.82, 2.24) is 16.0 Å². The number of nitrogens with one attached hydrogen (secondary N) is 3. The second kappa shape index (κ2) is 48.0. The quantitative estimate of drug-likeness (QED) is 0.0220. The number of carbonyl (C=O) groups excluding carboxylic acids is 5. The highest BCUT2D eigenvalue weighted by Gasteiger charge is 2.28. The number of aliphatic carboxylic acids is 3. The molecule has 0 aliphatic heterocycles. The van der Waals surface area contributed by atoms with Crippen LogP contribution in [0.1, 0.15) is 245 Å². The molecule has 0 saturated heterocycles. The van der Waals surface area contributed by atoms with Gasteiger partial charge in [-0.2, -0.15) is 11.8 Å². The Labute approximate surface area is 436 Å². The summed E-state index contributed by atoms with van der Waals surface area (Å²) in [6.07, 6.45) is 34.2. The number of thioether (sulfide) groups is 1. The van der Waals surface area contributed by atoms with E-state index in [1.807, 2.05) is 0 Å². The van der Waals surface area contributed by atoms with Gasteiger partial charge < -0.3 is 46.5 Å². The fourth-order valence-corrected chi connectivity index (χ4v) is 9.15. The van der Waals surface area contributed by atoms with Crippen LogP contribution in [0.5, 0.6) is 0 Å².